The van der Waals surface area contributed by atoms with Gasteiger partial charge in [-0.25, -0.2) is 4.98 Å². The van der Waals surface area contributed by atoms with Crippen molar-refractivity contribution in [3.8, 4) is 10.4 Å². The zero-order chi connectivity index (χ0) is 19.8. The third-order valence-electron chi connectivity index (χ3n) is 6.36. The van der Waals surface area contributed by atoms with E-state index in [1.54, 1.807) is 11.3 Å². The lowest BCUT2D eigenvalue weighted by Crippen LogP contribution is -2.17. The van der Waals surface area contributed by atoms with Gasteiger partial charge in [-0.3, -0.25) is 4.79 Å². The third-order valence-corrected chi connectivity index (χ3v) is 8.81. The summed E-state index contributed by atoms with van der Waals surface area (Å²) in [5.41, 5.74) is 4.49. The molecule has 0 aliphatic heterocycles. The molecular formula is C24H28N2OS2. The van der Waals surface area contributed by atoms with Crippen LogP contribution in [-0.4, -0.2) is 15.3 Å². The van der Waals surface area contributed by atoms with Crippen LogP contribution in [0.4, 0.5) is 0 Å². The van der Waals surface area contributed by atoms with Gasteiger partial charge in [0.1, 0.15) is 10.3 Å². The molecule has 2 aliphatic rings. The zero-order valence-corrected chi connectivity index (χ0v) is 18.7. The van der Waals surface area contributed by atoms with Crippen molar-refractivity contribution < 1.29 is 0 Å². The first kappa shape index (κ1) is 19.4. The average Bonchev–Trinajstić information content (AvgIpc) is 3.10. The largest absolute Gasteiger partial charge is 0.310 e. The Kier molecular flexibility index (Phi) is 5.53. The molecule has 0 unspecified atom stereocenters. The van der Waals surface area contributed by atoms with E-state index in [4.69, 9.17) is 4.98 Å². The highest BCUT2D eigenvalue weighted by Crippen LogP contribution is 2.39. The Morgan fingerprint density at radius 3 is 2.83 bits per heavy atom. The van der Waals surface area contributed by atoms with E-state index in [9.17, 15) is 4.79 Å². The highest BCUT2D eigenvalue weighted by molar-refractivity contribution is 7.99. The van der Waals surface area contributed by atoms with Crippen LogP contribution in [0.3, 0.4) is 0 Å². The smallest absolute Gasteiger partial charge is 0.211 e. The molecule has 0 saturated heterocycles. The first-order chi connectivity index (χ1) is 14.3. The van der Waals surface area contributed by atoms with Crippen LogP contribution in [0.5, 0.6) is 0 Å². The van der Waals surface area contributed by atoms with Gasteiger partial charge in [-0.05, 0) is 49.1 Å². The maximum atomic E-state index is 13.4. The molecule has 0 bridgehead atoms. The quantitative estimate of drug-likeness (QED) is 0.450. The molecule has 152 valence electrons. The van der Waals surface area contributed by atoms with E-state index in [2.05, 4.69) is 35.8 Å². The summed E-state index contributed by atoms with van der Waals surface area (Å²) in [6, 6.07) is 8.60. The Morgan fingerprint density at radius 2 is 2.00 bits per heavy atom. The van der Waals surface area contributed by atoms with E-state index in [0.717, 1.165) is 47.1 Å². The highest BCUT2D eigenvalue weighted by Gasteiger charge is 2.25. The number of aryl methyl sites for hydroxylation is 1. The number of hydrogen-bond acceptors (Lipinski definition) is 4. The van der Waals surface area contributed by atoms with Gasteiger partial charge >= 0.3 is 0 Å². The van der Waals surface area contributed by atoms with E-state index in [1.807, 2.05) is 11.8 Å². The van der Waals surface area contributed by atoms with Crippen molar-refractivity contribution in [3.63, 3.8) is 0 Å². The van der Waals surface area contributed by atoms with Gasteiger partial charge in [0.05, 0.1) is 0 Å². The molecule has 0 spiro atoms. The molecule has 1 saturated carbocycles. The lowest BCUT2D eigenvalue weighted by atomic mass is 9.89. The average molecular weight is 425 g/mol. The maximum Gasteiger partial charge on any atom is 0.211 e. The van der Waals surface area contributed by atoms with Gasteiger partial charge < -0.3 is 4.57 Å². The second-order valence-electron chi connectivity index (χ2n) is 8.41. The molecule has 0 radical (unpaired) electrons. The van der Waals surface area contributed by atoms with Crippen molar-refractivity contribution in [2.75, 3.05) is 5.75 Å². The summed E-state index contributed by atoms with van der Waals surface area (Å²) >= 11 is 3.62. The summed E-state index contributed by atoms with van der Waals surface area (Å²) < 4.78 is 2.40. The number of benzene rings is 1. The number of imidazole rings is 1. The van der Waals surface area contributed by atoms with Gasteiger partial charge in [-0.15, -0.1) is 11.3 Å². The van der Waals surface area contributed by atoms with Gasteiger partial charge in [0.15, 0.2) is 5.16 Å². The zero-order valence-electron chi connectivity index (χ0n) is 17.1. The van der Waals surface area contributed by atoms with Gasteiger partial charge in [0.25, 0.3) is 0 Å². The summed E-state index contributed by atoms with van der Waals surface area (Å²) in [6.45, 7) is 3.22. The molecule has 5 rings (SSSR count). The van der Waals surface area contributed by atoms with Crippen molar-refractivity contribution in [1.82, 2.24) is 9.55 Å². The Balaban J connectivity index is 1.67. The van der Waals surface area contributed by atoms with Crippen LogP contribution in [0.15, 0.2) is 34.2 Å². The molecule has 2 aliphatic carbocycles. The standard InChI is InChI=1S/C24H28N2OS2/c1-2-14-28-24-25-20-21(27)19-13-12-17-10-6-7-11-18(17)22(19)29-23(20)26(24)15-16-8-4-3-5-9-16/h6-7,10-11,16H,2-5,8-9,12-15H2,1H3. The van der Waals surface area contributed by atoms with Crippen LogP contribution in [0.1, 0.15) is 56.6 Å². The molecule has 0 N–H and O–H groups in total. The Hall–Kier alpha value is -1.59. The van der Waals surface area contributed by atoms with Gasteiger partial charge in [-0.2, -0.15) is 0 Å². The predicted molar refractivity (Wildman–Crippen MR) is 124 cm³/mol. The number of fused-ring (bicyclic) bond motifs is 4. The predicted octanol–water partition coefficient (Wildman–Crippen LogP) is 6.31. The summed E-state index contributed by atoms with van der Waals surface area (Å²) in [4.78, 5) is 20.6. The third kappa shape index (κ3) is 3.57. The molecule has 5 heteroatoms. The van der Waals surface area contributed by atoms with Crippen LogP contribution in [0.25, 0.3) is 20.8 Å². The molecule has 1 aromatic carbocycles. The summed E-state index contributed by atoms with van der Waals surface area (Å²) in [5.74, 6) is 1.77. The van der Waals surface area contributed by atoms with Crippen LogP contribution < -0.4 is 5.43 Å². The SMILES string of the molecule is CCCSc1nc2c(=O)c3c(sc2n1CC1CCCCC1)-c1ccccc1CC3. The van der Waals surface area contributed by atoms with Crippen LogP contribution >= 0.6 is 23.1 Å². The fourth-order valence-corrected chi connectivity index (χ4v) is 7.08. The summed E-state index contributed by atoms with van der Waals surface area (Å²) in [5, 5.41) is 1.05. The topological polar surface area (TPSA) is 34.9 Å². The molecule has 2 aromatic heterocycles. The summed E-state index contributed by atoms with van der Waals surface area (Å²) in [6.07, 6.45) is 9.58. The first-order valence-corrected chi connectivity index (χ1v) is 12.8. The van der Waals surface area contributed by atoms with Gasteiger partial charge in [-0.1, -0.05) is 62.2 Å². The normalized spacial score (nSPS) is 16.7. The second kappa shape index (κ2) is 8.27. The minimum Gasteiger partial charge on any atom is -0.310 e. The molecule has 3 aromatic rings. The van der Waals surface area contributed by atoms with Crippen molar-refractivity contribution in [3.05, 3.63) is 45.6 Å². The number of rotatable bonds is 5. The highest BCUT2D eigenvalue weighted by atomic mass is 32.2. The van der Waals surface area contributed by atoms with Crippen LogP contribution in [-0.2, 0) is 19.4 Å². The molecule has 0 atom stereocenters. The fourth-order valence-electron chi connectivity index (χ4n) is 4.83. The monoisotopic (exact) mass is 424 g/mol. The fraction of sp³-hybridized carbons (Fsp3) is 0.500. The van der Waals surface area contributed by atoms with E-state index >= 15 is 0 Å². The second-order valence-corrected chi connectivity index (χ2v) is 10.5. The Bertz CT molecular complexity index is 1090. The molecular weight excluding hydrogens is 396 g/mol. The van der Waals surface area contributed by atoms with Crippen LogP contribution in [0, 0.1) is 5.92 Å². The maximum absolute atomic E-state index is 13.4. The number of thioether (sulfide) groups is 1. The number of aromatic nitrogens is 2. The number of nitrogens with zero attached hydrogens (tertiary/aromatic N) is 2. The lowest BCUT2D eigenvalue weighted by Gasteiger charge is -2.23. The molecule has 2 heterocycles. The van der Waals surface area contributed by atoms with Crippen molar-refractivity contribution >= 4 is 33.4 Å². The van der Waals surface area contributed by atoms with E-state index < -0.39 is 0 Å². The van der Waals surface area contributed by atoms with Gasteiger partial charge in [0, 0.05) is 22.7 Å². The van der Waals surface area contributed by atoms with E-state index in [0.29, 0.717) is 11.4 Å². The number of hydrogen-bond donors (Lipinski definition) is 0. The Morgan fingerprint density at radius 1 is 1.17 bits per heavy atom. The Labute approximate surface area is 180 Å². The van der Waals surface area contributed by atoms with Gasteiger partial charge in [0.2, 0.25) is 5.43 Å². The summed E-state index contributed by atoms with van der Waals surface area (Å²) in [7, 11) is 0. The minimum absolute atomic E-state index is 0.170. The van der Waals surface area contributed by atoms with Crippen molar-refractivity contribution in [2.45, 2.75) is 70.0 Å². The van der Waals surface area contributed by atoms with Crippen molar-refractivity contribution in [2.24, 2.45) is 5.92 Å². The van der Waals surface area contributed by atoms with Crippen LogP contribution in [0.2, 0.25) is 0 Å². The molecule has 29 heavy (non-hydrogen) atoms. The first-order valence-electron chi connectivity index (χ1n) is 11.0. The molecule has 0 amide bonds. The molecule has 3 nitrogen and oxygen atoms in total. The lowest BCUT2D eigenvalue weighted by molar-refractivity contribution is 0.315. The van der Waals surface area contributed by atoms with E-state index in [-0.39, 0.29) is 5.43 Å². The van der Waals surface area contributed by atoms with E-state index in [1.165, 1.54) is 48.1 Å². The minimum atomic E-state index is 0.170. The van der Waals surface area contributed by atoms with Crippen molar-refractivity contribution in [1.29, 1.82) is 0 Å². The molecule has 1 fully saturated rings.